The van der Waals surface area contributed by atoms with E-state index in [1.807, 2.05) is 6.92 Å². The molecule has 1 amide bonds. The van der Waals surface area contributed by atoms with Crippen LogP contribution in [0.5, 0.6) is 0 Å². The number of carbonyl (C=O) groups excluding carboxylic acids is 1. The summed E-state index contributed by atoms with van der Waals surface area (Å²) in [7, 11) is 0. The SMILES string of the molecule is CC[C@@H](CO)NC(=O)Cn1nc(C)c([N+](=O)[O-])c1C. The number of aliphatic hydroxyl groups excluding tert-OH is 1. The van der Waals surface area contributed by atoms with E-state index >= 15 is 0 Å². The maximum Gasteiger partial charge on any atom is 0.312 e. The molecule has 0 saturated carbocycles. The zero-order chi connectivity index (χ0) is 14.6. The predicted octanol–water partition coefficient (Wildman–Crippen LogP) is 0.295. The first-order chi connectivity index (χ1) is 8.90. The number of carbonyl (C=O) groups is 1. The molecule has 19 heavy (non-hydrogen) atoms. The summed E-state index contributed by atoms with van der Waals surface area (Å²) in [5.41, 5.74) is 0.557. The van der Waals surface area contributed by atoms with Gasteiger partial charge in [-0.3, -0.25) is 19.6 Å². The van der Waals surface area contributed by atoms with Gasteiger partial charge in [-0.05, 0) is 20.3 Å². The summed E-state index contributed by atoms with van der Waals surface area (Å²) >= 11 is 0. The molecule has 1 atom stereocenters. The Labute approximate surface area is 110 Å². The van der Waals surface area contributed by atoms with E-state index in [1.54, 1.807) is 6.92 Å². The van der Waals surface area contributed by atoms with Crippen LogP contribution in [-0.2, 0) is 11.3 Å². The molecule has 0 aliphatic heterocycles. The molecular weight excluding hydrogens is 252 g/mol. The third-order valence-electron chi connectivity index (χ3n) is 2.90. The summed E-state index contributed by atoms with van der Waals surface area (Å²) in [6, 6.07) is -0.306. The highest BCUT2D eigenvalue weighted by Gasteiger charge is 2.23. The zero-order valence-electron chi connectivity index (χ0n) is 11.2. The average molecular weight is 270 g/mol. The molecule has 1 heterocycles. The van der Waals surface area contributed by atoms with Crippen LogP contribution in [0.25, 0.3) is 0 Å². The topological polar surface area (TPSA) is 110 Å². The van der Waals surface area contributed by atoms with Gasteiger partial charge in [-0.2, -0.15) is 5.10 Å². The van der Waals surface area contributed by atoms with Crippen LogP contribution in [-0.4, -0.2) is 38.4 Å². The molecule has 1 aromatic rings. The lowest BCUT2D eigenvalue weighted by molar-refractivity contribution is -0.386. The molecule has 1 aromatic heterocycles. The summed E-state index contributed by atoms with van der Waals surface area (Å²) in [4.78, 5) is 22.1. The molecule has 2 N–H and O–H groups in total. The van der Waals surface area contributed by atoms with E-state index in [0.717, 1.165) is 0 Å². The molecule has 0 bridgehead atoms. The zero-order valence-corrected chi connectivity index (χ0v) is 11.2. The Balaban J connectivity index is 2.81. The van der Waals surface area contributed by atoms with Crippen molar-refractivity contribution in [2.75, 3.05) is 6.61 Å². The second kappa shape index (κ2) is 6.28. The molecule has 0 aliphatic carbocycles. The predicted molar refractivity (Wildman–Crippen MR) is 67.7 cm³/mol. The van der Waals surface area contributed by atoms with Gasteiger partial charge in [0.2, 0.25) is 5.91 Å². The van der Waals surface area contributed by atoms with E-state index in [-0.39, 0.29) is 36.5 Å². The number of hydrogen-bond donors (Lipinski definition) is 2. The lowest BCUT2D eigenvalue weighted by Gasteiger charge is -2.14. The summed E-state index contributed by atoms with van der Waals surface area (Å²) in [5, 5.41) is 26.4. The highest BCUT2D eigenvalue weighted by molar-refractivity contribution is 5.76. The largest absolute Gasteiger partial charge is 0.394 e. The standard InChI is InChI=1S/C11H18N4O4/c1-4-9(6-16)12-10(17)5-14-8(3)11(15(18)19)7(2)13-14/h9,16H,4-6H2,1-3H3,(H,12,17)/t9-/m0/s1. The maximum atomic E-state index is 11.7. The number of nitro groups is 1. The van der Waals surface area contributed by atoms with Gasteiger partial charge in [-0.1, -0.05) is 6.92 Å². The van der Waals surface area contributed by atoms with Gasteiger partial charge < -0.3 is 10.4 Å². The van der Waals surface area contributed by atoms with Crippen molar-refractivity contribution >= 4 is 11.6 Å². The summed E-state index contributed by atoms with van der Waals surface area (Å²) in [6.07, 6.45) is 0.611. The molecule has 0 aromatic carbocycles. The molecule has 8 nitrogen and oxygen atoms in total. The quantitative estimate of drug-likeness (QED) is 0.570. The van der Waals surface area contributed by atoms with Crippen molar-refractivity contribution < 1.29 is 14.8 Å². The van der Waals surface area contributed by atoms with Crippen LogP contribution >= 0.6 is 0 Å². The Morgan fingerprint density at radius 2 is 2.21 bits per heavy atom. The van der Waals surface area contributed by atoms with Crippen molar-refractivity contribution in [2.24, 2.45) is 0 Å². The van der Waals surface area contributed by atoms with Crippen molar-refractivity contribution in [2.45, 2.75) is 39.8 Å². The van der Waals surface area contributed by atoms with Crippen LogP contribution < -0.4 is 5.32 Å². The van der Waals surface area contributed by atoms with Crippen molar-refractivity contribution in [1.29, 1.82) is 0 Å². The van der Waals surface area contributed by atoms with E-state index in [9.17, 15) is 14.9 Å². The van der Waals surface area contributed by atoms with Crippen molar-refractivity contribution in [1.82, 2.24) is 15.1 Å². The Morgan fingerprint density at radius 3 is 2.63 bits per heavy atom. The van der Waals surface area contributed by atoms with Crippen LogP contribution in [0.15, 0.2) is 0 Å². The molecule has 0 spiro atoms. The van der Waals surface area contributed by atoms with Gasteiger partial charge in [-0.15, -0.1) is 0 Å². The van der Waals surface area contributed by atoms with Gasteiger partial charge in [0, 0.05) is 0 Å². The van der Waals surface area contributed by atoms with Gasteiger partial charge in [0.25, 0.3) is 0 Å². The number of amides is 1. The Hall–Kier alpha value is -1.96. The lowest BCUT2D eigenvalue weighted by Crippen LogP contribution is -2.39. The summed E-state index contributed by atoms with van der Waals surface area (Å²) in [5.74, 6) is -0.332. The number of aryl methyl sites for hydroxylation is 1. The van der Waals surface area contributed by atoms with Crippen LogP contribution in [0, 0.1) is 24.0 Å². The smallest absolute Gasteiger partial charge is 0.312 e. The van der Waals surface area contributed by atoms with E-state index < -0.39 is 4.92 Å². The van der Waals surface area contributed by atoms with Crippen molar-refractivity contribution in [3.8, 4) is 0 Å². The fourth-order valence-corrected chi connectivity index (χ4v) is 1.79. The Morgan fingerprint density at radius 1 is 1.58 bits per heavy atom. The van der Waals surface area contributed by atoms with Crippen LogP contribution in [0.4, 0.5) is 5.69 Å². The molecule has 0 fully saturated rings. The number of aliphatic hydroxyl groups is 1. The van der Waals surface area contributed by atoms with Crippen molar-refractivity contribution in [3.63, 3.8) is 0 Å². The van der Waals surface area contributed by atoms with Gasteiger partial charge in [0.1, 0.15) is 17.9 Å². The highest BCUT2D eigenvalue weighted by atomic mass is 16.6. The second-order valence-electron chi connectivity index (χ2n) is 4.29. The van der Waals surface area contributed by atoms with E-state index in [1.165, 1.54) is 11.6 Å². The normalized spacial score (nSPS) is 12.2. The third-order valence-corrected chi connectivity index (χ3v) is 2.90. The molecule has 0 radical (unpaired) electrons. The second-order valence-corrected chi connectivity index (χ2v) is 4.29. The molecule has 0 unspecified atom stereocenters. The van der Waals surface area contributed by atoms with Gasteiger partial charge >= 0.3 is 5.69 Å². The Kier molecular flexibility index (Phi) is 4.99. The number of rotatable bonds is 6. The minimum atomic E-state index is -0.505. The van der Waals surface area contributed by atoms with Crippen LogP contribution in [0.1, 0.15) is 24.7 Å². The molecular formula is C11H18N4O4. The molecule has 1 rings (SSSR count). The van der Waals surface area contributed by atoms with E-state index in [2.05, 4.69) is 10.4 Å². The van der Waals surface area contributed by atoms with Crippen molar-refractivity contribution in [3.05, 3.63) is 21.5 Å². The van der Waals surface area contributed by atoms with E-state index in [4.69, 9.17) is 5.11 Å². The minimum Gasteiger partial charge on any atom is -0.394 e. The van der Waals surface area contributed by atoms with Gasteiger partial charge in [0.15, 0.2) is 0 Å². The monoisotopic (exact) mass is 270 g/mol. The number of aromatic nitrogens is 2. The molecule has 0 aliphatic rings. The molecule has 0 saturated heterocycles. The minimum absolute atomic E-state index is 0.0676. The maximum absolute atomic E-state index is 11.7. The lowest BCUT2D eigenvalue weighted by atomic mass is 10.2. The van der Waals surface area contributed by atoms with Gasteiger partial charge in [0.05, 0.1) is 17.6 Å². The van der Waals surface area contributed by atoms with Crippen LogP contribution in [0.2, 0.25) is 0 Å². The number of hydrogen-bond acceptors (Lipinski definition) is 5. The summed E-state index contributed by atoms with van der Waals surface area (Å²) < 4.78 is 1.30. The summed E-state index contributed by atoms with van der Waals surface area (Å²) in [6.45, 7) is 4.68. The average Bonchev–Trinajstić information content (AvgIpc) is 2.61. The first-order valence-corrected chi connectivity index (χ1v) is 5.99. The molecule has 106 valence electrons. The highest BCUT2D eigenvalue weighted by Crippen LogP contribution is 2.21. The van der Waals surface area contributed by atoms with Crippen LogP contribution in [0.3, 0.4) is 0 Å². The molecule has 8 heteroatoms. The number of nitrogens with one attached hydrogen (secondary N) is 1. The fraction of sp³-hybridized carbons (Fsp3) is 0.636. The number of nitrogens with zero attached hydrogens (tertiary/aromatic N) is 3. The fourth-order valence-electron chi connectivity index (χ4n) is 1.79. The van der Waals surface area contributed by atoms with E-state index in [0.29, 0.717) is 12.1 Å². The Bertz CT molecular complexity index is 479. The van der Waals surface area contributed by atoms with Gasteiger partial charge in [-0.25, -0.2) is 0 Å². The first kappa shape index (κ1) is 15.1. The first-order valence-electron chi connectivity index (χ1n) is 5.99. The third kappa shape index (κ3) is 3.50.